The molecule has 132 valence electrons. The van der Waals surface area contributed by atoms with Crippen LogP contribution in [-0.2, 0) is 13.0 Å². The van der Waals surface area contributed by atoms with Crippen LogP contribution in [0.4, 0.5) is 5.69 Å². The lowest BCUT2D eigenvalue weighted by atomic mass is 10.1. The van der Waals surface area contributed by atoms with Crippen molar-refractivity contribution in [2.75, 3.05) is 19.5 Å². The molecular weight excluding hydrogens is 326 g/mol. The summed E-state index contributed by atoms with van der Waals surface area (Å²) in [7, 11) is 3.20. The van der Waals surface area contributed by atoms with Gasteiger partial charge >= 0.3 is 0 Å². The van der Waals surface area contributed by atoms with Gasteiger partial charge in [-0.15, -0.1) is 0 Å². The van der Waals surface area contributed by atoms with Gasteiger partial charge in [0.25, 0.3) is 0 Å². The number of nitrogens with one attached hydrogen (secondary N) is 1. The summed E-state index contributed by atoms with van der Waals surface area (Å²) in [6.45, 7) is 2.74. The summed E-state index contributed by atoms with van der Waals surface area (Å²) in [5.41, 5.74) is 4.35. The van der Waals surface area contributed by atoms with E-state index >= 15 is 0 Å². The first-order valence-corrected chi connectivity index (χ1v) is 8.46. The van der Waals surface area contributed by atoms with Gasteiger partial charge in [-0.3, -0.25) is 4.98 Å². The zero-order valence-corrected chi connectivity index (χ0v) is 15.2. The first-order chi connectivity index (χ1) is 12.7. The normalized spacial score (nSPS) is 10.4. The molecule has 5 nitrogen and oxygen atoms in total. The first-order valence-electron chi connectivity index (χ1n) is 8.46. The second-order valence-corrected chi connectivity index (χ2v) is 5.91. The number of fused-ring (bicyclic) bond motifs is 1. The summed E-state index contributed by atoms with van der Waals surface area (Å²) < 4.78 is 10.8. The van der Waals surface area contributed by atoms with Crippen LogP contribution in [0.3, 0.4) is 0 Å². The molecule has 3 aromatic rings. The maximum atomic E-state index is 9.50. The van der Waals surface area contributed by atoms with Crippen LogP contribution >= 0.6 is 0 Å². The number of nitriles is 1. The summed E-state index contributed by atoms with van der Waals surface area (Å²) in [5, 5.41) is 13.7. The number of rotatable bonds is 6. The molecule has 0 aliphatic rings. The van der Waals surface area contributed by atoms with Crippen molar-refractivity contribution in [3.05, 3.63) is 59.3 Å². The van der Waals surface area contributed by atoms with E-state index in [0.29, 0.717) is 29.1 Å². The van der Waals surface area contributed by atoms with Gasteiger partial charge in [0.05, 0.1) is 25.5 Å². The molecule has 0 amide bonds. The van der Waals surface area contributed by atoms with E-state index in [2.05, 4.69) is 47.6 Å². The smallest absolute Gasteiger partial charge is 0.148 e. The Balaban J connectivity index is 2.03. The van der Waals surface area contributed by atoms with Crippen molar-refractivity contribution in [2.24, 2.45) is 0 Å². The van der Waals surface area contributed by atoms with Gasteiger partial charge in [-0.1, -0.05) is 31.2 Å². The predicted molar refractivity (Wildman–Crippen MR) is 103 cm³/mol. The van der Waals surface area contributed by atoms with Crippen molar-refractivity contribution in [1.82, 2.24) is 4.98 Å². The highest BCUT2D eigenvalue weighted by Crippen LogP contribution is 2.35. The van der Waals surface area contributed by atoms with Crippen LogP contribution in [0.2, 0.25) is 0 Å². The maximum Gasteiger partial charge on any atom is 0.148 e. The largest absolute Gasteiger partial charge is 0.497 e. The number of hydrogen-bond donors (Lipinski definition) is 1. The summed E-state index contributed by atoms with van der Waals surface area (Å²) in [6, 6.07) is 14.3. The Kier molecular flexibility index (Phi) is 5.23. The minimum Gasteiger partial charge on any atom is -0.497 e. The van der Waals surface area contributed by atoms with Gasteiger partial charge in [0.1, 0.15) is 23.1 Å². The number of anilines is 1. The van der Waals surface area contributed by atoms with E-state index in [9.17, 15) is 5.26 Å². The highest BCUT2D eigenvalue weighted by Gasteiger charge is 2.14. The molecular formula is C21H21N3O2. The maximum absolute atomic E-state index is 9.50. The van der Waals surface area contributed by atoms with E-state index in [-0.39, 0.29) is 0 Å². The van der Waals surface area contributed by atoms with Crippen molar-refractivity contribution in [3.63, 3.8) is 0 Å². The van der Waals surface area contributed by atoms with E-state index in [4.69, 9.17) is 9.47 Å². The summed E-state index contributed by atoms with van der Waals surface area (Å²) in [5.74, 6) is 1.26. The number of nitrogens with zero attached hydrogens (tertiary/aromatic N) is 2. The predicted octanol–water partition coefficient (Wildman–Crippen LogP) is 4.30. The number of methoxy groups -OCH3 is 2. The molecule has 0 fully saturated rings. The fourth-order valence-corrected chi connectivity index (χ4v) is 2.88. The van der Waals surface area contributed by atoms with Gasteiger partial charge in [-0.25, -0.2) is 0 Å². The highest BCUT2D eigenvalue weighted by atomic mass is 16.5. The highest BCUT2D eigenvalue weighted by molar-refractivity contribution is 5.98. The second-order valence-electron chi connectivity index (χ2n) is 5.91. The van der Waals surface area contributed by atoms with Crippen LogP contribution in [-0.4, -0.2) is 19.2 Å². The Morgan fingerprint density at radius 3 is 2.42 bits per heavy atom. The third kappa shape index (κ3) is 3.40. The van der Waals surface area contributed by atoms with Crippen LogP contribution < -0.4 is 14.8 Å². The van der Waals surface area contributed by atoms with E-state index in [1.165, 1.54) is 5.56 Å². The first kappa shape index (κ1) is 17.6. The van der Waals surface area contributed by atoms with E-state index in [1.54, 1.807) is 26.5 Å². The Bertz CT molecular complexity index is 960. The fraction of sp³-hybridized carbons (Fsp3) is 0.238. The molecule has 0 bridgehead atoms. The topological polar surface area (TPSA) is 67.2 Å². The number of aryl methyl sites for hydroxylation is 1. The van der Waals surface area contributed by atoms with Gasteiger partial charge in [-0.05, 0) is 23.6 Å². The molecule has 5 heteroatoms. The number of pyridine rings is 1. The van der Waals surface area contributed by atoms with Crippen molar-refractivity contribution in [1.29, 1.82) is 5.26 Å². The van der Waals surface area contributed by atoms with Gasteiger partial charge in [0.15, 0.2) is 0 Å². The van der Waals surface area contributed by atoms with Crippen LogP contribution in [0.1, 0.15) is 23.6 Å². The van der Waals surface area contributed by atoms with E-state index < -0.39 is 0 Å². The third-order valence-electron chi connectivity index (χ3n) is 4.39. The molecule has 1 heterocycles. The minimum atomic E-state index is 0.484. The van der Waals surface area contributed by atoms with Crippen LogP contribution in [0, 0.1) is 11.3 Å². The second kappa shape index (κ2) is 7.75. The number of aromatic nitrogens is 1. The van der Waals surface area contributed by atoms with Gasteiger partial charge < -0.3 is 14.8 Å². The molecule has 0 atom stereocenters. The van der Waals surface area contributed by atoms with E-state index in [0.717, 1.165) is 23.1 Å². The summed E-state index contributed by atoms with van der Waals surface area (Å²) in [4.78, 5) is 4.39. The monoisotopic (exact) mass is 347 g/mol. The molecule has 0 saturated heterocycles. The number of benzene rings is 2. The molecule has 0 unspecified atom stereocenters. The fourth-order valence-electron chi connectivity index (χ4n) is 2.88. The lowest BCUT2D eigenvalue weighted by molar-refractivity contribution is 0.397. The Morgan fingerprint density at radius 1 is 1.08 bits per heavy atom. The van der Waals surface area contributed by atoms with Crippen LogP contribution in [0.25, 0.3) is 10.9 Å². The lowest BCUT2D eigenvalue weighted by Gasteiger charge is -2.14. The van der Waals surface area contributed by atoms with Gasteiger partial charge in [-0.2, -0.15) is 5.26 Å². The molecule has 0 saturated carbocycles. The SMILES string of the molecule is CCc1ccc(CNc2c(C#N)cnc3c(OC)cc(OC)cc23)cc1. The molecule has 2 aromatic carbocycles. The summed E-state index contributed by atoms with van der Waals surface area (Å²) in [6.07, 6.45) is 2.58. The van der Waals surface area contributed by atoms with E-state index in [1.807, 2.05) is 6.07 Å². The minimum absolute atomic E-state index is 0.484. The Hall–Kier alpha value is -3.26. The van der Waals surface area contributed by atoms with Crippen molar-refractivity contribution >= 4 is 16.6 Å². The Labute approximate surface area is 153 Å². The van der Waals surface area contributed by atoms with Gasteiger partial charge in [0, 0.05) is 24.2 Å². The number of hydrogen-bond acceptors (Lipinski definition) is 5. The molecule has 26 heavy (non-hydrogen) atoms. The summed E-state index contributed by atoms with van der Waals surface area (Å²) >= 11 is 0. The van der Waals surface area contributed by atoms with Crippen molar-refractivity contribution in [2.45, 2.75) is 19.9 Å². The van der Waals surface area contributed by atoms with Gasteiger partial charge in [0.2, 0.25) is 0 Å². The molecule has 1 N–H and O–H groups in total. The molecule has 3 rings (SSSR count). The third-order valence-corrected chi connectivity index (χ3v) is 4.39. The van der Waals surface area contributed by atoms with Crippen LogP contribution in [0.15, 0.2) is 42.6 Å². The molecule has 1 aromatic heterocycles. The number of ether oxygens (including phenoxy) is 2. The average Bonchev–Trinajstić information content (AvgIpc) is 2.71. The Morgan fingerprint density at radius 2 is 1.81 bits per heavy atom. The molecule has 0 spiro atoms. The lowest BCUT2D eigenvalue weighted by Crippen LogP contribution is -2.04. The molecule has 0 aliphatic carbocycles. The molecule has 0 aliphatic heterocycles. The van der Waals surface area contributed by atoms with Crippen LogP contribution in [0.5, 0.6) is 11.5 Å². The quantitative estimate of drug-likeness (QED) is 0.720. The average molecular weight is 347 g/mol. The zero-order valence-electron chi connectivity index (χ0n) is 15.2. The van der Waals surface area contributed by atoms with Crippen molar-refractivity contribution < 1.29 is 9.47 Å². The standard InChI is InChI=1S/C21H21N3O2/c1-4-14-5-7-15(8-6-14)12-23-20-16(11-22)13-24-21-18(20)9-17(25-2)10-19(21)26-3/h5-10,13H,4,12H2,1-3H3,(H,23,24). The molecule has 0 radical (unpaired) electrons. The zero-order chi connectivity index (χ0) is 18.5. The van der Waals surface area contributed by atoms with Crippen molar-refractivity contribution in [3.8, 4) is 17.6 Å².